The smallest absolute Gasteiger partial charge is 0.117 e. The van der Waals surface area contributed by atoms with Crippen molar-refractivity contribution in [2.24, 2.45) is 11.8 Å². The summed E-state index contributed by atoms with van der Waals surface area (Å²) in [5.41, 5.74) is -0.197. The SMILES string of the molecule is OC12CC3CC(C1)CC(NCc1nc(Br)cs1)(C3)C2. The van der Waals surface area contributed by atoms with E-state index < -0.39 is 0 Å². The van der Waals surface area contributed by atoms with Crippen LogP contribution in [-0.4, -0.2) is 21.2 Å². The molecule has 4 bridgehead atoms. The van der Waals surface area contributed by atoms with Crippen molar-refractivity contribution in [1.29, 1.82) is 0 Å². The molecule has 4 aliphatic rings. The Balaban J connectivity index is 1.51. The van der Waals surface area contributed by atoms with Crippen molar-refractivity contribution in [1.82, 2.24) is 10.3 Å². The summed E-state index contributed by atoms with van der Waals surface area (Å²) >= 11 is 5.10. The molecular weight excluding hydrogens is 324 g/mol. The second-order valence-electron chi connectivity index (χ2n) is 6.88. The Morgan fingerprint density at radius 3 is 2.68 bits per heavy atom. The van der Waals surface area contributed by atoms with E-state index in [0.29, 0.717) is 0 Å². The van der Waals surface area contributed by atoms with Gasteiger partial charge in [0.2, 0.25) is 0 Å². The van der Waals surface area contributed by atoms with E-state index in [1.54, 1.807) is 11.3 Å². The lowest BCUT2D eigenvalue weighted by Gasteiger charge is -2.60. The minimum atomic E-state index is -0.374. The Hall–Kier alpha value is 0.0300. The third-order valence-corrected chi connectivity index (χ3v) is 6.73. The second kappa shape index (κ2) is 4.26. The highest BCUT2D eigenvalue weighted by molar-refractivity contribution is 9.10. The van der Waals surface area contributed by atoms with Gasteiger partial charge in [-0.2, -0.15) is 0 Å². The summed E-state index contributed by atoms with van der Waals surface area (Å²) < 4.78 is 0.929. The molecule has 2 atom stereocenters. The quantitative estimate of drug-likeness (QED) is 0.887. The molecule has 1 aromatic rings. The van der Waals surface area contributed by atoms with Crippen molar-refractivity contribution in [3.05, 3.63) is 15.0 Å². The second-order valence-corrected chi connectivity index (χ2v) is 8.64. The van der Waals surface area contributed by atoms with Crippen molar-refractivity contribution in [3.8, 4) is 0 Å². The standard InChI is InChI=1S/C14H19BrN2OS/c15-11-7-19-12(17-11)6-16-13-2-9-1-10(3-13)5-14(18,4-9)8-13/h7,9-10,16,18H,1-6,8H2. The molecular formula is C14H19BrN2OS. The molecule has 4 fully saturated rings. The Kier molecular flexibility index (Phi) is 2.86. The van der Waals surface area contributed by atoms with Crippen LogP contribution in [-0.2, 0) is 6.54 Å². The molecule has 0 aliphatic heterocycles. The van der Waals surface area contributed by atoms with E-state index in [2.05, 4.69) is 26.2 Å². The Morgan fingerprint density at radius 2 is 2.11 bits per heavy atom. The normalized spacial score (nSPS) is 43.9. The monoisotopic (exact) mass is 342 g/mol. The number of rotatable bonds is 3. The lowest BCUT2D eigenvalue weighted by atomic mass is 9.51. The van der Waals surface area contributed by atoms with Gasteiger partial charge in [0.05, 0.1) is 5.60 Å². The lowest BCUT2D eigenvalue weighted by Crippen LogP contribution is -2.64. The number of halogens is 1. The van der Waals surface area contributed by atoms with Crippen LogP contribution in [0, 0.1) is 11.8 Å². The molecule has 1 heterocycles. The first-order valence-corrected chi connectivity index (χ1v) is 8.79. The van der Waals surface area contributed by atoms with Crippen LogP contribution < -0.4 is 5.32 Å². The van der Waals surface area contributed by atoms with Crippen molar-refractivity contribution in [2.75, 3.05) is 0 Å². The molecule has 0 spiro atoms. The Labute approximate surface area is 125 Å². The largest absolute Gasteiger partial charge is 0.390 e. The fourth-order valence-electron chi connectivity index (χ4n) is 5.05. The number of aliphatic hydroxyl groups is 1. The molecule has 1 aromatic heterocycles. The summed E-state index contributed by atoms with van der Waals surface area (Å²) in [6, 6.07) is 0. The Bertz CT molecular complexity index is 489. The van der Waals surface area contributed by atoms with Gasteiger partial charge in [-0.3, -0.25) is 0 Å². The van der Waals surface area contributed by atoms with E-state index in [0.717, 1.165) is 47.3 Å². The van der Waals surface area contributed by atoms with Gasteiger partial charge in [0.1, 0.15) is 9.61 Å². The zero-order valence-corrected chi connectivity index (χ0v) is 13.3. The maximum atomic E-state index is 10.7. The number of hydrogen-bond acceptors (Lipinski definition) is 4. The third kappa shape index (κ3) is 2.28. The van der Waals surface area contributed by atoms with Crippen LogP contribution >= 0.6 is 27.3 Å². The predicted octanol–water partition coefficient (Wildman–Crippen LogP) is 3.08. The van der Waals surface area contributed by atoms with Crippen LogP contribution in [0.25, 0.3) is 0 Å². The summed E-state index contributed by atoms with van der Waals surface area (Å²) in [6.07, 6.45) is 6.86. The van der Waals surface area contributed by atoms with Crippen molar-refractivity contribution in [3.63, 3.8) is 0 Å². The molecule has 2 unspecified atom stereocenters. The van der Waals surface area contributed by atoms with E-state index in [1.807, 2.05) is 5.38 Å². The van der Waals surface area contributed by atoms with Gasteiger partial charge >= 0.3 is 0 Å². The van der Waals surface area contributed by atoms with Gasteiger partial charge in [0.25, 0.3) is 0 Å². The summed E-state index contributed by atoms with van der Waals surface area (Å²) in [4.78, 5) is 4.46. The zero-order chi connectivity index (χ0) is 13.1. The Morgan fingerprint density at radius 1 is 1.37 bits per heavy atom. The average molecular weight is 343 g/mol. The molecule has 19 heavy (non-hydrogen) atoms. The fourth-order valence-corrected chi connectivity index (χ4v) is 6.26. The highest BCUT2D eigenvalue weighted by Crippen LogP contribution is 2.57. The van der Waals surface area contributed by atoms with E-state index in [-0.39, 0.29) is 11.1 Å². The molecule has 0 aromatic carbocycles. The molecule has 104 valence electrons. The summed E-state index contributed by atoms with van der Waals surface area (Å²) in [5, 5.41) is 17.6. The predicted molar refractivity (Wildman–Crippen MR) is 79.0 cm³/mol. The van der Waals surface area contributed by atoms with Gasteiger partial charge in [-0.25, -0.2) is 4.98 Å². The highest BCUT2D eigenvalue weighted by atomic mass is 79.9. The summed E-state index contributed by atoms with van der Waals surface area (Å²) in [5.74, 6) is 1.48. The molecule has 5 rings (SSSR count). The first-order valence-electron chi connectivity index (χ1n) is 7.12. The van der Waals surface area contributed by atoms with Crippen LogP contribution in [0.4, 0.5) is 0 Å². The van der Waals surface area contributed by atoms with Gasteiger partial charge in [-0.05, 0) is 66.3 Å². The number of hydrogen-bond donors (Lipinski definition) is 2. The van der Waals surface area contributed by atoms with Crippen molar-refractivity contribution >= 4 is 27.3 Å². The molecule has 5 heteroatoms. The fraction of sp³-hybridized carbons (Fsp3) is 0.786. The molecule has 4 saturated carbocycles. The number of aromatic nitrogens is 1. The molecule has 0 amide bonds. The van der Waals surface area contributed by atoms with Crippen LogP contribution in [0.15, 0.2) is 9.98 Å². The topological polar surface area (TPSA) is 45.1 Å². The van der Waals surface area contributed by atoms with Crippen molar-refractivity contribution < 1.29 is 5.11 Å². The average Bonchev–Trinajstić information content (AvgIpc) is 2.69. The number of nitrogens with zero attached hydrogens (tertiary/aromatic N) is 1. The van der Waals surface area contributed by atoms with Gasteiger partial charge in [0, 0.05) is 17.5 Å². The zero-order valence-electron chi connectivity index (χ0n) is 10.9. The van der Waals surface area contributed by atoms with Crippen LogP contribution in [0.3, 0.4) is 0 Å². The van der Waals surface area contributed by atoms with Crippen LogP contribution in [0.5, 0.6) is 0 Å². The molecule has 4 aliphatic carbocycles. The number of thiazole rings is 1. The van der Waals surface area contributed by atoms with Gasteiger partial charge < -0.3 is 10.4 Å². The molecule has 0 saturated heterocycles. The van der Waals surface area contributed by atoms with E-state index in [1.165, 1.54) is 19.3 Å². The third-order valence-electron chi connectivity index (χ3n) is 5.17. The van der Waals surface area contributed by atoms with Gasteiger partial charge in [-0.15, -0.1) is 11.3 Å². The lowest BCUT2D eigenvalue weighted by molar-refractivity contribution is -0.142. The van der Waals surface area contributed by atoms with Crippen molar-refractivity contribution in [2.45, 2.75) is 56.2 Å². The first-order chi connectivity index (χ1) is 9.04. The van der Waals surface area contributed by atoms with E-state index in [4.69, 9.17) is 0 Å². The van der Waals surface area contributed by atoms with Gasteiger partial charge in [0.15, 0.2) is 0 Å². The summed E-state index contributed by atoms with van der Waals surface area (Å²) in [7, 11) is 0. The number of nitrogens with one attached hydrogen (secondary N) is 1. The van der Waals surface area contributed by atoms with Gasteiger partial charge in [-0.1, -0.05) is 0 Å². The highest BCUT2D eigenvalue weighted by Gasteiger charge is 2.56. The molecule has 0 radical (unpaired) electrons. The van der Waals surface area contributed by atoms with E-state index in [9.17, 15) is 5.11 Å². The maximum absolute atomic E-state index is 10.7. The molecule has 3 nitrogen and oxygen atoms in total. The maximum Gasteiger partial charge on any atom is 0.117 e. The first kappa shape index (κ1) is 12.7. The summed E-state index contributed by atoms with van der Waals surface area (Å²) in [6.45, 7) is 0.839. The van der Waals surface area contributed by atoms with Crippen LogP contribution in [0.1, 0.15) is 43.5 Å². The minimum absolute atomic E-state index is 0.178. The minimum Gasteiger partial charge on any atom is -0.390 e. The molecule has 2 N–H and O–H groups in total. The van der Waals surface area contributed by atoms with Crippen LogP contribution in [0.2, 0.25) is 0 Å². The van der Waals surface area contributed by atoms with E-state index >= 15 is 0 Å².